The van der Waals surface area contributed by atoms with Crippen LogP contribution in [0.25, 0.3) is 5.57 Å². The van der Waals surface area contributed by atoms with E-state index in [9.17, 15) is 9.59 Å². The molecule has 0 bridgehead atoms. The average Bonchev–Trinajstić information content (AvgIpc) is 2.58. The van der Waals surface area contributed by atoms with Crippen molar-refractivity contribution in [2.45, 2.75) is 0 Å². The van der Waals surface area contributed by atoms with Crippen molar-refractivity contribution in [2.24, 2.45) is 5.73 Å². The highest BCUT2D eigenvalue weighted by Crippen LogP contribution is 2.16. The SMILES string of the molecule is NC(=O)O.O=C1C=C(c2ccccc2)C(=O)N1. The lowest BCUT2D eigenvalue weighted by Crippen LogP contribution is -2.21. The molecule has 17 heavy (non-hydrogen) atoms. The summed E-state index contributed by atoms with van der Waals surface area (Å²) in [6, 6.07) is 9.10. The summed E-state index contributed by atoms with van der Waals surface area (Å²) in [6.45, 7) is 0. The molecule has 0 aliphatic carbocycles. The topological polar surface area (TPSA) is 109 Å². The van der Waals surface area contributed by atoms with Gasteiger partial charge in [0.2, 0.25) is 0 Å². The lowest BCUT2D eigenvalue weighted by molar-refractivity contribution is -0.123. The quantitative estimate of drug-likeness (QED) is 0.609. The molecule has 88 valence electrons. The van der Waals surface area contributed by atoms with E-state index in [1.54, 1.807) is 12.1 Å². The minimum atomic E-state index is -1.33. The van der Waals surface area contributed by atoms with Crippen LogP contribution in [0.5, 0.6) is 0 Å². The molecule has 6 heteroatoms. The maximum Gasteiger partial charge on any atom is 0.402 e. The highest BCUT2D eigenvalue weighted by Gasteiger charge is 2.21. The van der Waals surface area contributed by atoms with Gasteiger partial charge in [-0.1, -0.05) is 30.3 Å². The van der Waals surface area contributed by atoms with Crippen LogP contribution >= 0.6 is 0 Å². The third kappa shape index (κ3) is 3.78. The van der Waals surface area contributed by atoms with Crippen molar-refractivity contribution in [2.75, 3.05) is 0 Å². The molecule has 0 aromatic heterocycles. The lowest BCUT2D eigenvalue weighted by atomic mass is 10.1. The van der Waals surface area contributed by atoms with E-state index in [1.165, 1.54) is 6.08 Å². The van der Waals surface area contributed by atoms with Gasteiger partial charge in [0.05, 0.1) is 5.57 Å². The van der Waals surface area contributed by atoms with Gasteiger partial charge in [-0.25, -0.2) is 4.79 Å². The van der Waals surface area contributed by atoms with Crippen molar-refractivity contribution in [3.05, 3.63) is 42.0 Å². The molecule has 4 N–H and O–H groups in total. The second-order valence-electron chi connectivity index (χ2n) is 3.08. The van der Waals surface area contributed by atoms with Gasteiger partial charge in [0.1, 0.15) is 0 Å². The van der Waals surface area contributed by atoms with Gasteiger partial charge in [-0.2, -0.15) is 0 Å². The van der Waals surface area contributed by atoms with E-state index in [-0.39, 0.29) is 11.8 Å². The van der Waals surface area contributed by atoms with Crippen LogP contribution in [0, 0.1) is 0 Å². The number of carboxylic acid groups (broad SMARTS) is 1. The smallest absolute Gasteiger partial charge is 0.402 e. The number of imide groups is 1. The lowest BCUT2D eigenvalue weighted by Gasteiger charge is -1.97. The van der Waals surface area contributed by atoms with Crippen LogP contribution in [0.1, 0.15) is 5.56 Å². The molecule has 0 spiro atoms. The molecule has 0 atom stereocenters. The van der Waals surface area contributed by atoms with E-state index in [2.05, 4.69) is 11.1 Å². The molecule has 1 aromatic rings. The highest BCUT2D eigenvalue weighted by atomic mass is 16.4. The Morgan fingerprint density at radius 3 is 2.12 bits per heavy atom. The predicted octanol–water partition coefficient (Wildman–Crippen LogP) is 0.349. The minimum absolute atomic E-state index is 0.323. The predicted molar refractivity (Wildman–Crippen MR) is 59.8 cm³/mol. The van der Waals surface area contributed by atoms with Crippen LogP contribution < -0.4 is 11.1 Å². The van der Waals surface area contributed by atoms with Crippen LogP contribution in [0.4, 0.5) is 4.79 Å². The van der Waals surface area contributed by atoms with E-state index < -0.39 is 6.09 Å². The van der Waals surface area contributed by atoms with E-state index in [1.807, 2.05) is 18.2 Å². The van der Waals surface area contributed by atoms with Gasteiger partial charge in [0, 0.05) is 6.08 Å². The zero-order valence-corrected chi connectivity index (χ0v) is 8.71. The van der Waals surface area contributed by atoms with E-state index in [4.69, 9.17) is 9.90 Å². The van der Waals surface area contributed by atoms with Gasteiger partial charge in [-0.3, -0.25) is 14.9 Å². The Morgan fingerprint density at radius 1 is 1.18 bits per heavy atom. The van der Waals surface area contributed by atoms with Crippen molar-refractivity contribution >= 4 is 23.5 Å². The zero-order valence-electron chi connectivity index (χ0n) is 8.71. The largest absolute Gasteiger partial charge is 0.465 e. The molecule has 1 heterocycles. The van der Waals surface area contributed by atoms with E-state index in [0.29, 0.717) is 5.57 Å². The van der Waals surface area contributed by atoms with E-state index in [0.717, 1.165) is 5.56 Å². The van der Waals surface area contributed by atoms with Crippen molar-refractivity contribution < 1.29 is 19.5 Å². The van der Waals surface area contributed by atoms with Crippen LogP contribution in [0.3, 0.4) is 0 Å². The fraction of sp³-hybridized carbons (Fsp3) is 0. The number of primary amides is 1. The summed E-state index contributed by atoms with van der Waals surface area (Å²) in [5, 5.41) is 9.39. The molecule has 0 saturated carbocycles. The maximum absolute atomic E-state index is 11.2. The molecule has 1 aromatic carbocycles. The van der Waals surface area contributed by atoms with Crippen LogP contribution in [0.2, 0.25) is 0 Å². The molecule has 0 unspecified atom stereocenters. The Kier molecular flexibility index (Phi) is 3.99. The minimum Gasteiger partial charge on any atom is -0.465 e. The zero-order chi connectivity index (χ0) is 12.8. The van der Waals surface area contributed by atoms with Crippen molar-refractivity contribution in [1.29, 1.82) is 0 Å². The number of rotatable bonds is 1. The Bertz CT molecular complexity index is 476. The second kappa shape index (κ2) is 5.45. The van der Waals surface area contributed by atoms with Gasteiger partial charge in [-0.05, 0) is 5.56 Å². The third-order valence-electron chi connectivity index (χ3n) is 1.84. The van der Waals surface area contributed by atoms with Gasteiger partial charge in [0.25, 0.3) is 11.8 Å². The fourth-order valence-corrected chi connectivity index (χ4v) is 1.24. The Morgan fingerprint density at radius 2 is 1.71 bits per heavy atom. The van der Waals surface area contributed by atoms with Gasteiger partial charge in [0.15, 0.2) is 0 Å². The number of hydrogen-bond donors (Lipinski definition) is 3. The molecule has 6 nitrogen and oxygen atoms in total. The number of benzene rings is 1. The molecule has 0 radical (unpaired) electrons. The normalized spacial score (nSPS) is 13.3. The van der Waals surface area contributed by atoms with E-state index >= 15 is 0 Å². The first kappa shape index (κ1) is 12.4. The Hall–Kier alpha value is -2.63. The summed E-state index contributed by atoms with van der Waals surface area (Å²) in [4.78, 5) is 30.8. The standard InChI is InChI=1S/C10H7NO2.CH3NO2/c12-9-6-8(10(13)11-9)7-4-2-1-3-5-7;2-1(3)4/h1-6H,(H,11,12,13);2H2,(H,3,4). The van der Waals surface area contributed by atoms with Crippen molar-refractivity contribution in [1.82, 2.24) is 5.32 Å². The number of nitrogens with one attached hydrogen (secondary N) is 1. The number of carbonyl (C=O) groups is 3. The monoisotopic (exact) mass is 234 g/mol. The van der Waals surface area contributed by atoms with Crippen molar-refractivity contribution in [3.8, 4) is 0 Å². The number of carbonyl (C=O) groups excluding carboxylic acids is 2. The summed E-state index contributed by atoms with van der Waals surface area (Å²) in [7, 11) is 0. The molecular weight excluding hydrogens is 224 g/mol. The molecular formula is C11H10N2O4. The summed E-state index contributed by atoms with van der Waals surface area (Å²) in [5.74, 6) is -0.667. The molecule has 0 fully saturated rings. The first-order valence-electron chi connectivity index (χ1n) is 4.61. The number of amides is 3. The molecule has 3 amide bonds. The number of hydrogen-bond acceptors (Lipinski definition) is 3. The molecule has 1 aliphatic rings. The van der Waals surface area contributed by atoms with Gasteiger partial charge in [-0.15, -0.1) is 0 Å². The summed E-state index contributed by atoms with van der Waals surface area (Å²) < 4.78 is 0. The Labute approximate surface area is 96.7 Å². The van der Waals surface area contributed by atoms with Gasteiger partial charge >= 0.3 is 6.09 Å². The van der Waals surface area contributed by atoms with Crippen LogP contribution in [-0.4, -0.2) is 23.0 Å². The van der Waals surface area contributed by atoms with Crippen LogP contribution in [-0.2, 0) is 9.59 Å². The fourth-order valence-electron chi connectivity index (χ4n) is 1.24. The summed E-state index contributed by atoms with van der Waals surface area (Å²) in [5.41, 5.74) is 5.23. The van der Waals surface area contributed by atoms with Crippen molar-refractivity contribution in [3.63, 3.8) is 0 Å². The first-order valence-corrected chi connectivity index (χ1v) is 4.61. The first-order chi connectivity index (χ1) is 8.00. The maximum atomic E-state index is 11.2. The summed E-state index contributed by atoms with van der Waals surface area (Å²) in [6.07, 6.45) is -0.0162. The highest BCUT2D eigenvalue weighted by molar-refractivity contribution is 6.33. The average molecular weight is 234 g/mol. The second-order valence-corrected chi connectivity index (χ2v) is 3.08. The molecule has 0 saturated heterocycles. The molecule has 2 rings (SSSR count). The third-order valence-corrected chi connectivity index (χ3v) is 1.84. The summed E-state index contributed by atoms with van der Waals surface area (Å²) >= 11 is 0. The number of nitrogens with two attached hydrogens (primary N) is 1. The van der Waals surface area contributed by atoms with Gasteiger partial charge < -0.3 is 10.8 Å². The Balaban J connectivity index is 0.000000317. The van der Waals surface area contributed by atoms with Crippen LogP contribution in [0.15, 0.2) is 36.4 Å². The molecule has 1 aliphatic heterocycles.